The molecule has 0 saturated carbocycles. The lowest BCUT2D eigenvalue weighted by atomic mass is 9.97. The molecule has 0 aliphatic heterocycles. The SMILES string of the molecule is CC(C)CC(=O)C(=CN(C)C)c1ccncc1. The number of pyridine rings is 1. The Kier molecular flexibility index (Phi) is 4.88. The smallest absolute Gasteiger partial charge is 0.165 e. The van der Waals surface area contributed by atoms with Crippen LogP contribution in [0, 0.1) is 5.92 Å². The van der Waals surface area contributed by atoms with Gasteiger partial charge in [0.05, 0.1) is 0 Å². The van der Waals surface area contributed by atoms with Crippen molar-refractivity contribution in [2.24, 2.45) is 5.92 Å². The zero-order valence-corrected chi connectivity index (χ0v) is 11.0. The van der Waals surface area contributed by atoms with Crippen LogP contribution in [0.2, 0.25) is 0 Å². The van der Waals surface area contributed by atoms with Crippen LogP contribution in [-0.2, 0) is 4.79 Å². The summed E-state index contributed by atoms with van der Waals surface area (Å²) in [5, 5.41) is 0. The third kappa shape index (κ3) is 4.39. The van der Waals surface area contributed by atoms with E-state index in [1.54, 1.807) is 12.4 Å². The Hall–Kier alpha value is -1.64. The molecule has 0 atom stereocenters. The summed E-state index contributed by atoms with van der Waals surface area (Å²) in [6, 6.07) is 3.74. The van der Waals surface area contributed by atoms with Gasteiger partial charge in [-0.1, -0.05) is 13.8 Å². The largest absolute Gasteiger partial charge is 0.383 e. The Balaban J connectivity index is 3.02. The number of carbonyl (C=O) groups is 1. The molecule has 17 heavy (non-hydrogen) atoms. The molecule has 0 radical (unpaired) electrons. The summed E-state index contributed by atoms with van der Waals surface area (Å²) in [5.74, 6) is 0.551. The summed E-state index contributed by atoms with van der Waals surface area (Å²) in [6.07, 6.45) is 5.87. The average Bonchev–Trinajstić information content (AvgIpc) is 2.25. The van der Waals surface area contributed by atoms with E-state index in [-0.39, 0.29) is 5.78 Å². The van der Waals surface area contributed by atoms with Crippen molar-refractivity contribution in [1.29, 1.82) is 0 Å². The number of allylic oxidation sites excluding steroid dienone is 1. The van der Waals surface area contributed by atoms with Gasteiger partial charge in [0.2, 0.25) is 0 Å². The Labute approximate surface area is 103 Å². The molecule has 3 nitrogen and oxygen atoms in total. The molecule has 0 spiro atoms. The highest BCUT2D eigenvalue weighted by Gasteiger charge is 2.13. The standard InChI is InChI=1S/C14H20N2O/c1-11(2)9-14(17)13(10-16(3)4)12-5-7-15-8-6-12/h5-8,10-11H,9H2,1-4H3. The number of carbonyl (C=O) groups excluding carboxylic acids is 1. The molecule has 0 unspecified atom stereocenters. The van der Waals surface area contributed by atoms with Gasteiger partial charge in [-0.2, -0.15) is 0 Å². The van der Waals surface area contributed by atoms with Crippen molar-refractivity contribution in [2.75, 3.05) is 14.1 Å². The third-order valence-corrected chi connectivity index (χ3v) is 2.27. The fourth-order valence-corrected chi connectivity index (χ4v) is 1.58. The minimum atomic E-state index is 0.180. The van der Waals surface area contributed by atoms with Gasteiger partial charge in [0.25, 0.3) is 0 Å². The van der Waals surface area contributed by atoms with Gasteiger partial charge in [0.1, 0.15) is 0 Å². The van der Waals surface area contributed by atoms with Crippen molar-refractivity contribution in [2.45, 2.75) is 20.3 Å². The van der Waals surface area contributed by atoms with Gasteiger partial charge < -0.3 is 4.90 Å². The number of rotatable bonds is 5. The molecule has 0 amide bonds. The van der Waals surface area contributed by atoms with Crippen molar-refractivity contribution in [3.63, 3.8) is 0 Å². The summed E-state index contributed by atoms with van der Waals surface area (Å²) in [7, 11) is 3.84. The molecule has 0 saturated heterocycles. The van der Waals surface area contributed by atoms with E-state index >= 15 is 0 Å². The number of nitrogens with zero attached hydrogens (tertiary/aromatic N) is 2. The zero-order chi connectivity index (χ0) is 12.8. The second-order valence-electron chi connectivity index (χ2n) is 4.76. The Bertz CT molecular complexity index is 394. The molecular weight excluding hydrogens is 212 g/mol. The Morgan fingerprint density at radius 2 is 1.94 bits per heavy atom. The van der Waals surface area contributed by atoms with E-state index in [0.29, 0.717) is 12.3 Å². The molecule has 0 aliphatic rings. The molecule has 0 aliphatic carbocycles. The molecule has 0 N–H and O–H groups in total. The Morgan fingerprint density at radius 3 is 2.41 bits per heavy atom. The molecular formula is C14H20N2O. The number of ketones is 1. The lowest BCUT2D eigenvalue weighted by Gasteiger charge is -2.12. The normalized spacial score (nSPS) is 11.7. The third-order valence-electron chi connectivity index (χ3n) is 2.27. The first-order valence-corrected chi connectivity index (χ1v) is 5.82. The zero-order valence-electron chi connectivity index (χ0n) is 11.0. The Morgan fingerprint density at radius 1 is 1.35 bits per heavy atom. The van der Waals surface area contributed by atoms with Crippen molar-refractivity contribution in [3.05, 3.63) is 36.3 Å². The average molecular weight is 232 g/mol. The fraction of sp³-hybridized carbons (Fsp3) is 0.429. The first-order valence-electron chi connectivity index (χ1n) is 5.82. The minimum Gasteiger partial charge on any atom is -0.383 e. The summed E-state index contributed by atoms with van der Waals surface area (Å²) in [5.41, 5.74) is 1.69. The summed E-state index contributed by atoms with van der Waals surface area (Å²) in [4.78, 5) is 18.0. The van der Waals surface area contributed by atoms with Gasteiger partial charge in [-0.25, -0.2) is 0 Å². The van der Waals surface area contributed by atoms with Crippen LogP contribution in [0.3, 0.4) is 0 Å². The number of aromatic nitrogens is 1. The number of hydrogen-bond acceptors (Lipinski definition) is 3. The number of Topliss-reactive ketones (excluding diaryl/α,β-unsaturated/α-hetero) is 1. The van der Waals surface area contributed by atoms with Gasteiger partial charge >= 0.3 is 0 Å². The van der Waals surface area contributed by atoms with Gasteiger partial charge in [0.15, 0.2) is 5.78 Å². The lowest BCUT2D eigenvalue weighted by Crippen LogP contribution is -2.10. The van der Waals surface area contributed by atoms with E-state index in [1.165, 1.54) is 0 Å². The minimum absolute atomic E-state index is 0.180. The highest BCUT2D eigenvalue weighted by molar-refractivity contribution is 6.20. The second kappa shape index (κ2) is 6.18. The molecule has 0 aromatic carbocycles. The number of hydrogen-bond donors (Lipinski definition) is 0. The predicted octanol–water partition coefficient (Wildman–Crippen LogP) is 2.60. The van der Waals surface area contributed by atoms with Crippen molar-refractivity contribution < 1.29 is 4.79 Å². The van der Waals surface area contributed by atoms with Gasteiger partial charge in [-0.05, 0) is 23.6 Å². The van der Waals surface area contributed by atoms with Crippen molar-refractivity contribution >= 4 is 11.4 Å². The molecule has 1 aromatic heterocycles. The van der Waals surface area contributed by atoms with Crippen LogP contribution in [0.4, 0.5) is 0 Å². The van der Waals surface area contributed by atoms with Gasteiger partial charge in [0, 0.05) is 44.7 Å². The molecule has 1 rings (SSSR count). The van der Waals surface area contributed by atoms with Crippen LogP contribution in [0.15, 0.2) is 30.7 Å². The maximum Gasteiger partial charge on any atom is 0.165 e. The summed E-state index contributed by atoms with van der Waals surface area (Å²) < 4.78 is 0. The van der Waals surface area contributed by atoms with Crippen molar-refractivity contribution in [1.82, 2.24) is 9.88 Å². The second-order valence-corrected chi connectivity index (χ2v) is 4.76. The topological polar surface area (TPSA) is 33.2 Å². The van der Waals surface area contributed by atoms with E-state index in [9.17, 15) is 4.79 Å². The maximum absolute atomic E-state index is 12.2. The maximum atomic E-state index is 12.2. The first kappa shape index (κ1) is 13.4. The van der Waals surface area contributed by atoms with E-state index in [2.05, 4.69) is 18.8 Å². The molecule has 1 heterocycles. The van der Waals surface area contributed by atoms with Crippen LogP contribution in [0.1, 0.15) is 25.8 Å². The van der Waals surface area contributed by atoms with Crippen LogP contribution in [0.5, 0.6) is 0 Å². The van der Waals surface area contributed by atoms with Crippen LogP contribution >= 0.6 is 0 Å². The van der Waals surface area contributed by atoms with Gasteiger partial charge in [-0.15, -0.1) is 0 Å². The first-order chi connectivity index (χ1) is 8.00. The highest BCUT2D eigenvalue weighted by atomic mass is 16.1. The fourth-order valence-electron chi connectivity index (χ4n) is 1.58. The van der Waals surface area contributed by atoms with Crippen LogP contribution in [-0.4, -0.2) is 29.8 Å². The molecule has 3 heteroatoms. The van der Waals surface area contributed by atoms with E-state index in [4.69, 9.17) is 0 Å². The molecule has 1 aromatic rings. The summed E-state index contributed by atoms with van der Waals surface area (Å²) in [6.45, 7) is 4.11. The molecule has 92 valence electrons. The van der Waals surface area contributed by atoms with E-state index in [1.807, 2.05) is 37.3 Å². The van der Waals surface area contributed by atoms with Crippen LogP contribution in [0.25, 0.3) is 5.57 Å². The predicted molar refractivity (Wildman–Crippen MR) is 70.4 cm³/mol. The van der Waals surface area contributed by atoms with Gasteiger partial charge in [-0.3, -0.25) is 9.78 Å². The molecule has 0 fully saturated rings. The monoisotopic (exact) mass is 232 g/mol. The van der Waals surface area contributed by atoms with E-state index in [0.717, 1.165) is 11.1 Å². The van der Waals surface area contributed by atoms with Crippen molar-refractivity contribution in [3.8, 4) is 0 Å². The molecule has 0 bridgehead atoms. The quantitative estimate of drug-likeness (QED) is 0.732. The van der Waals surface area contributed by atoms with E-state index < -0.39 is 0 Å². The highest BCUT2D eigenvalue weighted by Crippen LogP contribution is 2.18. The van der Waals surface area contributed by atoms with Crippen LogP contribution < -0.4 is 0 Å². The summed E-state index contributed by atoms with van der Waals surface area (Å²) >= 11 is 0. The lowest BCUT2D eigenvalue weighted by molar-refractivity contribution is -0.114.